The number of hydrogen-bond donors (Lipinski definition) is 2. The van der Waals surface area contributed by atoms with Crippen molar-refractivity contribution in [3.63, 3.8) is 0 Å². The first kappa shape index (κ1) is 19.5. The maximum Gasteiger partial charge on any atom is 0.251 e. The van der Waals surface area contributed by atoms with Gasteiger partial charge in [0.05, 0.1) is 12.3 Å². The summed E-state index contributed by atoms with van der Waals surface area (Å²) in [5.41, 5.74) is 3.05. The van der Waals surface area contributed by atoms with Crippen LogP contribution in [-0.4, -0.2) is 31.6 Å². The average molecular weight is 380 g/mol. The van der Waals surface area contributed by atoms with E-state index in [9.17, 15) is 9.59 Å². The zero-order valence-electron chi connectivity index (χ0n) is 16.2. The molecule has 1 aliphatic heterocycles. The fraction of sp³-hybridized carbons (Fsp3) is 0.273. The number of benzene rings is 2. The van der Waals surface area contributed by atoms with Crippen molar-refractivity contribution in [1.29, 1.82) is 0 Å². The third-order valence-electron chi connectivity index (χ3n) is 4.38. The highest BCUT2D eigenvalue weighted by Crippen LogP contribution is 2.38. The summed E-state index contributed by atoms with van der Waals surface area (Å²) < 4.78 is 11.4. The molecule has 1 aliphatic rings. The first-order valence-corrected chi connectivity index (χ1v) is 9.27. The van der Waals surface area contributed by atoms with Gasteiger partial charge in [0.1, 0.15) is 17.6 Å². The van der Waals surface area contributed by atoms with Crippen LogP contribution in [0.2, 0.25) is 0 Å². The van der Waals surface area contributed by atoms with Crippen LogP contribution in [0.3, 0.4) is 0 Å². The molecule has 28 heavy (non-hydrogen) atoms. The highest BCUT2D eigenvalue weighted by Gasteiger charge is 2.22. The van der Waals surface area contributed by atoms with E-state index in [0.29, 0.717) is 23.6 Å². The molecule has 2 aromatic carbocycles. The Morgan fingerprint density at radius 3 is 2.68 bits per heavy atom. The van der Waals surface area contributed by atoms with E-state index in [-0.39, 0.29) is 17.9 Å². The van der Waals surface area contributed by atoms with Crippen LogP contribution in [-0.2, 0) is 11.2 Å². The van der Waals surface area contributed by atoms with E-state index < -0.39 is 0 Å². The lowest BCUT2D eigenvalue weighted by Crippen LogP contribution is -2.17. The third-order valence-corrected chi connectivity index (χ3v) is 4.38. The van der Waals surface area contributed by atoms with Gasteiger partial charge in [-0.15, -0.1) is 0 Å². The molecule has 2 aromatic rings. The van der Waals surface area contributed by atoms with Crippen molar-refractivity contribution in [2.24, 2.45) is 0 Å². The molecule has 2 amide bonds. The van der Waals surface area contributed by atoms with Crippen molar-refractivity contribution in [1.82, 2.24) is 5.32 Å². The van der Waals surface area contributed by atoms with Crippen molar-refractivity contribution in [2.75, 3.05) is 19.0 Å². The molecule has 0 fully saturated rings. The van der Waals surface area contributed by atoms with E-state index in [1.54, 1.807) is 37.4 Å². The molecule has 0 saturated carbocycles. The van der Waals surface area contributed by atoms with E-state index in [1.807, 2.05) is 26.0 Å². The van der Waals surface area contributed by atoms with Gasteiger partial charge in [-0.25, -0.2) is 0 Å². The van der Waals surface area contributed by atoms with Crippen LogP contribution in [0.1, 0.15) is 35.3 Å². The summed E-state index contributed by atoms with van der Waals surface area (Å²) in [5.74, 6) is 0.989. The lowest BCUT2D eigenvalue weighted by molar-refractivity contribution is -0.111. The molecule has 1 unspecified atom stereocenters. The van der Waals surface area contributed by atoms with Gasteiger partial charge in [-0.05, 0) is 43.7 Å². The minimum atomic E-state index is -0.276. The van der Waals surface area contributed by atoms with Crippen LogP contribution in [0.4, 0.5) is 5.69 Å². The van der Waals surface area contributed by atoms with Crippen molar-refractivity contribution >= 4 is 23.6 Å². The standard InChI is InChI=1S/C22H24N2O4/c1-4-27-20-12-17-11-14(2)28-19(17)13-18(20)24-21(25)10-7-15-5-8-16(9-6-15)22(26)23-3/h5-10,12-14H,4,11H2,1-3H3,(H,23,26)(H,24,25)/b10-7+. The zero-order chi connectivity index (χ0) is 20.1. The van der Waals surface area contributed by atoms with Gasteiger partial charge in [0, 0.05) is 36.7 Å². The van der Waals surface area contributed by atoms with Gasteiger partial charge < -0.3 is 20.1 Å². The maximum absolute atomic E-state index is 12.4. The first-order valence-electron chi connectivity index (χ1n) is 9.27. The second-order valence-corrected chi connectivity index (χ2v) is 6.55. The molecule has 3 rings (SSSR count). The van der Waals surface area contributed by atoms with Gasteiger partial charge in [0.2, 0.25) is 5.91 Å². The molecule has 0 bridgehead atoms. The molecule has 2 N–H and O–H groups in total. The number of amides is 2. The van der Waals surface area contributed by atoms with E-state index in [4.69, 9.17) is 9.47 Å². The van der Waals surface area contributed by atoms with E-state index >= 15 is 0 Å². The molecular weight excluding hydrogens is 356 g/mol. The second-order valence-electron chi connectivity index (χ2n) is 6.55. The van der Waals surface area contributed by atoms with Crippen LogP contribution in [0.25, 0.3) is 6.08 Å². The number of carbonyl (C=O) groups excluding carboxylic acids is 2. The Bertz CT molecular complexity index is 903. The van der Waals surface area contributed by atoms with Gasteiger partial charge in [0.15, 0.2) is 0 Å². The van der Waals surface area contributed by atoms with Crippen molar-refractivity contribution in [2.45, 2.75) is 26.4 Å². The topological polar surface area (TPSA) is 76.7 Å². The lowest BCUT2D eigenvalue weighted by Gasteiger charge is -2.12. The lowest BCUT2D eigenvalue weighted by atomic mass is 10.1. The monoisotopic (exact) mass is 380 g/mol. The summed E-state index contributed by atoms with van der Waals surface area (Å²) in [6, 6.07) is 10.7. The largest absolute Gasteiger partial charge is 0.492 e. The van der Waals surface area contributed by atoms with Crippen molar-refractivity contribution in [3.05, 3.63) is 59.2 Å². The minimum absolute atomic E-state index is 0.119. The van der Waals surface area contributed by atoms with Crippen molar-refractivity contribution in [3.8, 4) is 11.5 Å². The zero-order valence-corrected chi connectivity index (χ0v) is 16.2. The first-order chi connectivity index (χ1) is 13.5. The predicted octanol–water partition coefficient (Wildman–Crippen LogP) is 3.42. The SMILES string of the molecule is CCOc1cc2c(cc1NC(=O)/C=C/c1ccc(C(=O)NC)cc1)OC(C)C2. The van der Waals surface area contributed by atoms with E-state index in [2.05, 4.69) is 10.6 Å². The Morgan fingerprint density at radius 1 is 1.25 bits per heavy atom. The maximum atomic E-state index is 12.4. The molecule has 0 radical (unpaired) electrons. The van der Waals surface area contributed by atoms with Crippen LogP contribution < -0.4 is 20.1 Å². The quantitative estimate of drug-likeness (QED) is 0.753. The third kappa shape index (κ3) is 4.52. The number of rotatable bonds is 6. The normalized spacial score (nSPS) is 15.0. The predicted molar refractivity (Wildman–Crippen MR) is 109 cm³/mol. The molecule has 1 heterocycles. The van der Waals surface area contributed by atoms with E-state index in [0.717, 1.165) is 23.3 Å². The average Bonchev–Trinajstić information content (AvgIpc) is 3.05. The molecular formula is C22H24N2O4. The molecule has 0 saturated heterocycles. The van der Waals surface area contributed by atoms with Crippen LogP contribution in [0.15, 0.2) is 42.5 Å². The summed E-state index contributed by atoms with van der Waals surface area (Å²) in [4.78, 5) is 23.9. The summed E-state index contributed by atoms with van der Waals surface area (Å²) in [5, 5.41) is 5.43. The van der Waals surface area contributed by atoms with Crippen LogP contribution >= 0.6 is 0 Å². The van der Waals surface area contributed by atoms with Gasteiger partial charge in [0.25, 0.3) is 5.91 Å². The Morgan fingerprint density at radius 2 is 2.00 bits per heavy atom. The Balaban J connectivity index is 1.71. The summed E-state index contributed by atoms with van der Waals surface area (Å²) >= 11 is 0. The number of fused-ring (bicyclic) bond motifs is 1. The number of ether oxygens (including phenoxy) is 2. The molecule has 6 heteroatoms. The van der Waals surface area contributed by atoms with Crippen molar-refractivity contribution < 1.29 is 19.1 Å². The van der Waals surface area contributed by atoms with Gasteiger partial charge in [-0.2, -0.15) is 0 Å². The molecule has 146 valence electrons. The highest BCUT2D eigenvalue weighted by molar-refractivity contribution is 6.03. The molecule has 6 nitrogen and oxygen atoms in total. The molecule has 0 aliphatic carbocycles. The molecule has 0 aromatic heterocycles. The van der Waals surface area contributed by atoms with Crippen LogP contribution in [0.5, 0.6) is 11.5 Å². The van der Waals surface area contributed by atoms with Gasteiger partial charge >= 0.3 is 0 Å². The second kappa shape index (κ2) is 8.61. The summed E-state index contributed by atoms with van der Waals surface area (Å²) in [6.45, 7) is 4.42. The minimum Gasteiger partial charge on any atom is -0.492 e. The highest BCUT2D eigenvalue weighted by atomic mass is 16.5. The number of anilines is 1. The number of nitrogens with one attached hydrogen (secondary N) is 2. The van der Waals surface area contributed by atoms with Crippen LogP contribution in [0, 0.1) is 0 Å². The fourth-order valence-electron chi connectivity index (χ4n) is 3.05. The molecule has 1 atom stereocenters. The van der Waals surface area contributed by atoms with E-state index in [1.165, 1.54) is 6.08 Å². The van der Waals surface area contributed by atoms with Gasteiger partial charge in [-0.3, -0.25) is 9.59 Å². The molecule has 0 spiro atoms. The summed E-state index contributed by atoms with van der Waals surface area (Å²) in [7, 11) is 1.58. The Hall–Kier alpha value is -3.28. The fourth-order valence-corrected chi connectivity index (χ4v) is 3.05. The number of carbonyl (C=O) groups is 2. The summed E-state index contributed by atoms with van der Waals surface area (Å²) in [6.07, 6.45) is 4.08. The Labute approximate surface area is 164 Å². The Kier molecular flexibility index (Phi) is 5.99. The number of hydrogen-bond acceptors (Lipinski definition) is 4. The smallest absolute Gasteiger partial charge is 0.251 e. The van der Waals surface area contributed by atoms with Gasteiger partial charge in [-0.1, -0.05) is 12.1 Å².